The molecule has 0 amide bonds. The van der Waals surface area contributed by atoms with Gasteiger partial charge in [-0.05, 0) is 13.8 Å². The summed E-state index contributed by atoms with van der Waals surface area (Å²) >= 11 is 1.19. The quantitative estimate of drug-likeness (QED) is 0.778. The van der Waals surface area contributed by atoms with Gasteiger partial charge in [0.25, 0.3) is 0 Å². The highest BCUT2D eigenvalue weighted by atomic mass is 32.1. The van der Waals surface area contributed by atoms with Crippen molar-refractivity contribution < 1.29 is 4.74 Å². The highest BCUT2D eigenvalue weighted by Gasteiger charge is 2.14. The average Bonchev–Trinajstić information content (AvgIpc) is 2.60. The van der Waals surface area contributed by atoms with E-state index in [1.807, 2.05) is 26.0 Å². The van der Waals surface area contributed by atoms with Gasteiger partial charge in [0.1, 0.15) is 27.6 Å². The molecule has 0 atom stereocenters. The maximum atomic E-state index is 8.95. The molecule has 3 N–H and O–H groups in total. The van der Waals surface area contributed by atoms with Crippen molar-refractivity contribution in [3.05, 3.63) is 10.4 Å². The molecule has 0 aromatic carbocycles. The van der Waals surface area contributed by atoms with E-state index in [1.165, 1.54) is 11.3 Å². The Balaban J connectivity index is 2.66. The zero-order chi connectivity index (χ0) is 12.8. The van der Waals surface area contributed by atoms with Gasteiger partial charge in [-0.1, -0.05) is 0 Å². The number of ether oxygens (including phenoxy) is 1. The maximum absolute atomic E-state index is 8.95. The minimum Gasteiger partial charge on any atom is -0.396 e. The Morgan fingerprint density at radius 2 is 2.12 bits per heavy atom. The molecule has 0 aliphatic carbocycles. The fourth-order valence-electron chi connectivity index (χ4n) is 1.22. The monoisotopic (exact) mass is 250 g/mol. The molecule has 0 aliphatic heterocycles. The van der Waals surface area contributed by atoms with Gasteiger partial charge in [0.05, 0.1) is 18.4 Å². The summed E-state index contributed by atoms with van der Waals surface area (Å²) in [5.74, 6) is 0. The minimum absolute atomic E-state index is 0.176. The van der Waals surface area contributed by atoms with Gasteiger partial charge in [-0.2, -0.15) is 10.5 Å². The smallest absolute Gasteiger partial charge is 0.131 e. The van der Waals surface area contributed by atoms with Crippen LogP contribution in [0.1, 0.15) is 24.3 Å². The fourth-order valence-corrected chi connectivity index (χ4v) is 2.12. The third kappa shape index (κ3) is 3.35. The number of hydrogen-bond donors (Lipinski definition) is 2. The molecule has 0 radical (unpaired) electrons. The van der Waals surface area contributed by atoms with Crippen LogP contribution in [0.15, 0.2) is 0 Å². The highest BCUT2D eigenvalue weighted by Crippen LogP contribution is 2.34. The van der Waals surface area contributed by atoms with E-state index in [0.29, 0.717) is 28.6 Å². The van der Waals surface area contributed by atoms with Gasteiger partial charge in [-0.15, -0.1) is 11.3 Å². The largest absolute Gasteiger partial charge is 0.396 e. The van der Waals surface area contributed by atoms with Gasteiger partial charge >= 0.3 is 0 Å². The third-order valence-corrected chi connectivity index (χ3v) is 3.07. The molecule has 0 saturated heterocycles. The number of hydrogen-bond acceptors (Lipinski definition) is 6. The number of nitrogens with two attached hydrogens (primary N) is 1. The average molecular weight is 250 g/mol. The highest BCUT2D eigenvalue weighted by molar-refractivity contribution is 7.17. The van der Waals surface area contributed by atoms with Crippen LogP contribution in [-0.2, 0) is 4.74 Å². The standard InChI is InChI=1S/C11H14N4OS/c1-7(2)16-4-3-15-11-8(5-12)10(14)9(6-13)17-11/h7,15H,3-4,14H2,1-2H3. The molecule has 0 fully saturated rings. The number of nitrogen functional groups attached to an aromatic ring is 1. The molecule has 1 aromatic heterocycles. The zero-order valence-corrected chi connectivity index (χ0v) is 10.6. The van der Waals surface area contributed by atoms with Gasteiger partial charge in [0.2, 0.25) is 0 Å². The lowest BCUT2D eigenvalue weighted by atomic mass is 10.2. The van der Waals surface area contributed by atoms with Crippen molar-refractivity contribution in [1.82, 2.24) is 0 Å². The van der Waals surface area contributed by atoms with Crippen molar-refractivity contribution in [2.24, 2.45) is 0 Å². The van der Waals surface area contributed by atoms with E-state index < -0.39 is 0 Å². The Bertz CT molecular complexity index is 467. The van der Waals surface area contributed by atoms with Crippen LogP contribution in [0.3, 0.4) is 0 Å². The van der Waals surface area contributed by atoms with Crippen LogP contribution in [0.4, 0.5) is 10.7 Å². The number of thiophene rings is 1. The molecule has 6 heteroatoms. The Morgan fingerprint density at radius 3 is 2.65 bits per heavy atom. The van der Waals surface area contributed by atoms with Gasteiger partial charge in [0.15, 0.2) is 0 Å². The zero-order valence-electron chi connectivity index (χ0n) is 9.78. The van der Waals surface area contributed by atoms with Crippen LogP contribution < -0.4 is 11.1 Å². The second-order valence-electron chi connectivity index (χ2n) is 3.62. The van der Waals surface area contributed by atoms with Crippen molar-refractivity contribution in [1.29, 1.82) is 10.5 Å². The molecule has 0 saturated carbocycles. The molecule has 0 unspecified atom stereocenters. The first-order chi connectivity index (χ1) is 8.10. The number of rotatable bonds is 5. The first kappa shape index (κ1) is 13.3. The molecule has 17 heavy (non-hydrogen) atoms. The van der Waals surface area contributed by atoms with E-state index in [4.69, 9.17) is 21.0 Å². The second-order valence-corrected chi connectivity index (χ2v) is 4.64. The Morgan fingerprint density at radius 1 is 1.41 bits per heavy atom. The SMILES string of the molecule is CC(C)OCCNc1sc(C#N)c(N)c1C#N. The lowest BCUT2D eigenvalue weighted by molar-refractivity contribution is 0.0871. The summed E-state index contributed by atoms with van der Waals surface area (Å²) in [4.78, 5) is 0.369. The van der Waals surface area contributed by atoms with Crippen molar-refractivity contribution in [2.45, 2.75) is 20.0 Å². The number of nitrogens with one attached hydrogen (secondary N) is 1. The van der Waals surface area contributed by atoms with Crippen molar-refractivity contribution >= 4 is 22.0 Å². The Labute approximate surface area is 104 Å². The van der Waals surface area contributed by atoms with E-state index in [0.717, 1.165) is 0 Å². The molecule has 1 rings (SSSR count). The molecule has 0 aliphatic rings. The summed E-state index contributed by atoms with van der Waals surface area (Å²) < 4.78 is 5.36. The summed E-state index contributed by atoms with van der Waals surface area (Å²) in [7, 11) is 0. The van der Waals surface area contributed by atoms with E-state index in [-0.39, 0.29) is 11.8 Å². The van der Waals surface area contributed by atoms with E-state index >= 15 is 0 Å². The minimum atomic E-state index is 0.176. The van der Waals surface area contributed by atoms with Gasteiger partial charge in [0, 0.05) is 6.54 Å². The van der Waals surface area contributed by atoms with Crippen molar-refractivity contribution in [2.75, 3.05) is 24.2 Å². The van der Waals surface area contributed by atoms with E-state index in [9.17, 15) is 0 Å². The number of nitrogens with zero attached hydrogens (tertiary/aromatic N) is 2. The predicted octanol–water partition coefficient (Wildman–Crippen LogP) is 1.91. The van der Waals surface area contributed by atoms with Gasteiger partial charge in [-0.25, -0.2) is 0 Å². The predicted molar refractivity (Wildman–Crippen MR) is 67.7 cm³/mol. The Hall–Kier alpha value is -1.76. The maximum Gasteiger partial charge on any atom is 0.131 e. The summed E-state index contributed by atoms with van der Waals surface area (Å²) in [5.41, 5.74) is 6.27. The van der Waals surface area contributed by atoms with Gasteiger partial charge < -0.3 is 15.8 Å². The topological polar surface area (TPSA) is 94.9 Å². The number of nitriles is 2. The second kappa shape index (κ2) is 6.09. The summed E-state index contributed by atoms with van der Waals surface area (Å²) in [6, 6.07) is 3.97. The van der Waals surface area contributed by atoms with Crippen molar-refractivity contribution in [3.63, 3.8) is 0 Å². The van der Waals surface area contributed by atoms with Crippen LogP contribution in [-0.4, -0.2) is 19.3 Å². The molecule has 5 nitrogen and oxygen atoms in total. The summed E-state index contributed by atoms with van der Waals surface area (Å²) in [6.07, 6.45) is 0.176. The third-order valence-electron chi connectivity index (χ3n) is 2.00. The molecular formula is C11H14N4OS. The molecular weight excluding hydrogens is 236 g/mol. The summed E-state index contributed by atoms with van der Waals surface area (Å²) in [6.45, 7) is 5.04. The van der Waals surface area contributed by atoms with E-state index in [1.54, 1.807) is 0 Å². The fraction of sp³-hybridized carbons (Fsp3) is 0.455. The van der Waals surface area contributed by atoms with Crippen LogP contribution >= 0.6 is 11.3 Å². The summed E-state index contributed by atoms with van der Waals surface area (Å²) in [5, 5.41) is 21.5. The normalized spacial score (nSPS) is 9.94. The molecule has 1 aromatic rings. The Kier molecular flexibility index (Phi) is 4.77. The van der Waals surface area contributed by atoms with E-state index in [2.05, 4.69) is 5.32 Å². The lowest BCUT2D eigenvalue weighted by Gasteiger charge is -2.08. The van der Waals surface area contributed by atoms with Crippen molar-refractivity contribution in [3.8, 4) is 12.1 Å². The number of anilines is 2. The molecule has 0 spiro atoms. The lowest BCUT2D eigenvalue weighted by Crippen LogP contribution is -2.13. The first-order valence-electron chi connectivity index (χ1n) is 5.18. The molecule has 90 valence electrons. The van der Waals surface area contributed by atoms with Crippen LogP contribution in [0.2, 0.25) is 0 Å². The molecule has 0 bridgehead atoms. The first-order valence-corrected chi connectivity index (χ1v) is 5.99. The van der Waals surface area contributed by atoms with Crippen LogP contribution in [0.25, 0.3) is 0 Å². The molecule has 1 heterocycles. The van der Waals surface area contributed by atoms with Crippen LogP contribution in [0.5, 0.6) is 0 Å². The van der Waals surface area contributed by atoms with Gasteiger partial charge in [-0.3, -0.25) is 0 Å². The van der Waals surface area contributed by atoms with Crippen LogP contribution in [0, 0.1) is 22.7 Å².